The van der Waals surface area contributed by atoms with E-state index in [9.17, 15) is 25.2 Å². The van der Waals surface area contributed by atoms with E-state index in [0.29, 0.717) is 22.3 Å². The number of Topliss-reactive ketones (excluding diaryl/α,β-unsaturated/α-hetero) is 1. The fourth-order valence-electron chi connectivity index (χ4n) is 4.91. The molecule has 5 heteroatoms. The van der Waals surface area contributed by atoms with Crippen LogP contribution in [-0.2, 0) is 4.79 Å². The zero-order valence-electron chi connectivity index (χ0n) is 14.9. The maximum Gasteiger partial charge on any atom is 0.190 e. The lowest BCUT2D eigenvalue weighted by Crippen LogP contribution is -2.59. The predicted molar refractivity (Wildman–Crippen MR) is 93.7 cm³/mol. The zero-order chi connectivity index (χ0) is 18.7. The van der Waals surface area contributed by atoms with Crippen molar-refractivity contribution in [1.82, 2.24) is 0 Å². The molecular weight excluding hydrogens is 320 g/mol. The average molecular weight is 346 g/mol. The molecule has 0 aromatic rings. The number of hydrogen-bond donors (Lipinski definition) is 4. The van der Waals surface area contributed by atoms with Crippen LogP contribution in [0.1, 0.15) is 33.6 Å². The number of ketones is 1. The van der Waals surface area contributed by atoms with Crippen LogP contribution in [0.15, 0.2) is 46.8 Å². The second kappa shape index (κ2) is 5.66. The van der Waals surface area contributed by atoms with E-state index in [4.69, 9.17) is 0 Å². The van der Waals surface area contributed by atoms with Crippen LogP contribution in [0.2, 0.25) is 0 Å². The minimum Gasteiger partial charge on any atom is -0.512 e. The quantitative estimate of drug-likeness (QED) is 0.573. The zero-order valence-corrected chi connectivity index (χ0v) is 14.9. The summed E-state index contributed by atoms with van der Waals surface area (Å²) < 4.78 is 0. The largest absolute Gasteiger partial charge is 0.512 e. The van der Waals surface area contributed by atoms with E-state index in [1.807, 2.05) is 6.92 Å². The van der Waals surface area contributed by atoms with E-state index >= 15 is 0 Å². The molecule has 25 heavy (non-hydrogen) atoms. The second-order valence-electron chi connectivity index (χ2n) is 7.85. The molecule has 0 amide bonds. The standard InChI is InChI=1S/C20H26O5/c1-10(2)17-14-7-13(9-21)8-19(24)16(5-11(3)18(19)23)20(14,25)12(4)6-15(17)22/h5,7,12,14,16,21-22,24-25H,1,6,8-9H2,2-4H3/t12-,14+,16-,19-,20-/m1/s1. The number of fused-ring (bicyclic) bond motifs is 3. The molecule has 5 nitrogen and oxygen atoms in total. The van der Waals surface area contributed by atoms with Gasteiger partial charge in [0.05, 0.1) is 18.0 Å². The third kappa shape index (κ3) is 2.30. The van der Waals surface area contributed by atoms with E-state index < -0.39 is 28.8 Å². The van der Waals surface area contributed by atoms with Crippen LogP contribution >= 0.6 is 0 Å². The van der Waals surface area contributed by atoms with Crippen LogP contribution in [0.5, 0.6) is 0 Å². The van der Waals surface area contributed by atoms with Gasteiger partial charge in [-0.3, -0.25) is 4.79 Å². The molecule has 3 aliphatic rings. The number of carbonyl (C=O) groups excluding carboxylic acids is 1. The minimum absolute atomic E-state index is 0.0311. The van der Waals surface area contributed by atoms with E-state index in [1.54, 1.807) is 26.0 Å². The summed E-state index contributed by atoms with van der Waals surface area (Å²) in [5.41, 5.74) is -1.19. The molecule has 0 aromatic heterocycles. The smallest absolute Gasteiger partial charge is 0.190 e. The number of aliphatic hydroxyl groups is 4. The molecule has 0 saturated carbocycles. The van der Waals surface area contributed by atoms with Gasteiger partial charge in [-0.25, -0.2) is 0 Å². The first-order chi connectivity index (χ1) is 11.6. The van der Waals surface area contributed by atoms with Gasteiger partial charge >= 0.3 is 0 Å². The molecule has 0 fully saturated rings. The maximum absolute atomic E-state index is 12.7. The van der Waals surface area contributed by atoms with Crippen LogP contribution in [0.3, 0.4) is 0 Å². The summed E-state index contributed by atoms with van der Waals surface area (Å²) >= 11 is 0. The summed E-state index contributed by atoms with van der Waals surface area (Å²) in [5, 5.41) is 43.3. The number of carbonyl (C=O) groups is 1. The summed E-state index contributed by atoms with van der Waals surface area (Å²) in [6.45, 7) is 8.80. The average Bonchev–Trinajstić information content (AvgIpc) is 2.69. The molecule has 0 spiro atoms. The molecule has 3 rings (SSSR count). The number of allylic oxidation sites excluding steroid dienone is 2. The van der Waals surface area contributed by atoms with Crippen LogP contribution in [-0.4, -0.2) is 44.0 Å². The van der Waals surface area contributed by atoms with Crippen molar-refractivity contribution in [2.75, 3.05) is 6.61 Å². The lowest BCUT2D eigenvalue weighted by atomic mass is 9.59. The van der Waals surface area contributed by atoms with Crippen LogP contribution in [0, 0.1) is 17.8 Å². The molecule has 0 unspecified atom stereocenters. The summed E-state index contributed by atoms with van der Waals surface area (Å²) in [7, 11) is 0. The third-order valence-corrected chi connectivity index (χ3v) is 6.15. The van der Waals surface area contributed by atoms with Gasteiger partial charge in [-0.1, -0.05) is 31.2 Å². The normalized spacial score (nSPS) is 40.9. The van der Waals surface area contributed by atoms with E-state index in [2.05, 4.69) is 6.58 Å². The highest BCUT2D eigenvalue weighted by molar-refractivity contribution is 6.04. The van der Waals surface area contributed by atoms with Gasteiger partial charge in [0.2, 0.25) is 0 Å². The molecular formula is C20H26O5. The number of hydrogen-bond acceptors (Lipinski definition) is 5. The van der Waals surface area contributed by atoms with Crippen molar-refractivity contribution in [1.29, 1.82) is 0 Å². The van der Waals surface area contributed by atoms with Crippen LogP contribution < -0.4 is 0 Å². The molecule has 0 radical (unpaired) electrons. The van der Waals surface area contributed by atoms with E-state index in [-0.39, 0.29) is 31.1 Å². The molecule has 0 saturated heterocycles. The Morgan fingerprint density at radius 2 is 2.00 bits per heavy atom. The van der Waals surface area contributed by atoms with E-state index in [1.165, 1.54) is 0 Å². The summed E-state index contributed by atoms with van der Waals surface area (Å²) in [6.07, 6.45) is 3.56. The van der Waals surface area contributed by atoms with Gasteiger partial charge in [-0.05, 0) is 30.9 Å². The SMILES string of the molecule is C=C(C)C1=C(O)C[C@@H](C)[C@@]2(O)[C@H]1C=C(CO)C[C@]1(O)C(=O)C(C)=C[C@@H]21. The fourth-order valence-corrected chi connectivity index (χ4v) is 4.91. The fraction of sp³-hybridized carbons (Fsp3) is 0.550. The highest BCUT2D eigenvalue weighted by Gasteiger charge is 2.63. The van der Waals surface area contributed by atoms with Crippen molar-refractivity contribution in [3.63, 3.8) is 0 Å². The summed E-state index contributed by atoms with van der Waals surface area (Å²) in [4.78, 5) is 12.7. The van der Waals surface area contributed by atoms with Crippen molar-refractivity contribution in [2.45, 2.75) is 44.8 Å². The Morgan fingerprint density at radius 3 is 2.56 bits per heavy atom. The summed E-state index contributed by atoms with van der Waals surface area (Å²) in [6, 6.07) is 0. The summed E-state index contributed by atoms with van der Waals surface area (Å²) in [5.74, 6) is -2.09. The number of aliphatic hydroxyl groups excluding tert-OH is 2. The first-order valence-corrected chi connectivity index (χ1v) is 8.63. The van der Waals surface area contributed by atoms with Gasteiger partial charge in [0.25, 0.3) is 0 Å². The lowest BCUT2D eigenvalue weighted by molar-refractivity contribution is -0.160. The van der Waals surface area contributed by atoms with Gasteiger partial charge in [-0.2, -0.15) is 0 Å². The van der Waals surface area contributed by atoms with Gasteiger partial charge < -0.3 is 20.4 Å². The minimum atomic E-state index is -1.77. The molecule has 3 aliphatic carbocycles. The monoisotopic (exact) mass is 346 g/mol. The predicted octanol–water partition coefficient (Wildman–Crippen LogP) is 1.96. The highest BCUT2D eigenvalue weighted by Crippen LogP contribution is 2.56. The third-order valence-electron chi connectivity index (χ3n) is 6.15. The molecule has 0 bridgehead atoms. The van der Waals surface area contributed by atoms with Crippen molar-refractivity contribution in [3.8, 4) is 0 Å². The van der Waals surface area contributed by atoms with Gasteiger partial charge in [0.1, 0.15) is 5.60 Å². The Kier molecular flexibility index (Phi) is 4.10. The van der Waals surface area contributed by atoms with Crippen molar-refractivity contribution >= 4 is 5.78 Å². The lowest BCUT2D eigenvalue weighted by Gasteiger charge is -2.49. The Balaban J connectivity index is 2.30. The Hall–Kier alpha value is -1.69. The van der Waals surface area contributed by atoms with Crippen molar-refractivity contribution in [3.05, 3.63) is 46.8 Å². The molecule has 0 aliphatic heterocycles. The first-order valence-electron chi connectivity index (χ1n) is 8.63. The topological polar surface area (TPSA) is 98.0 Å². The van der Waals surface area contributed by atoms with Gasteiger partial charge in [-0.15, -0.1) is 0 Å². The molecule has 4 N–H and O–H groups in total. The number of rotatable bonds is 2. The van der Waals surface area contributed by atoms with Crippen molar-refractivity contribution in [2.24, 2.45) is 17.8 Å². The van der Waals surface area contributed by atoms with Crippen LogP contribution in [0.25, 0.3) is 0 Å². The Labute approximate surface area is 147 Å². The Morgan fingerprint density at radius 1 is 1.36 bits per heavy atom. The molecule has 0 heterocycles. The maximum atomic E-state index is 12.7. The highest BCUT2D eigenvalue weighted by atomic mass is 16.3. The van der Waals surface area contributed by atoms with Gasteiger partial charge in [0, 0.05) is 30.3 Å². The Bertz CT molecular complexity index is 743. The molecule has 0 aromatic carbocycles. The second-order valence-corrected chi connectivity index (χ2v) is 7.85. The van der Waals surface area contributed by atoms with E-state index in [0.717, 1.165) is 0 Å². The molecule has 136 valence electrons. The first kappa shape index (κ1) is 18.1. The van der Waals surface area contributed by atoms with Crippen molar-refractivity contribution < 1.29 is 25.2 Å². The molecule has 5 atom stereocenters. The van der Waals surface area contributed by atoms with Crippen LogP contribution in [0.4, 0.5) is 0 Å². The van der Waals surface area contributed by atoms with Gasteiger partial charge in [0.15, 0.2) is 5.78 Å².